The smallest absolute Gasteiger partial charge is 0.339 e. The molecule has 0 aliphatic rings. The van der Waals surface area contributed by atoms with Crippen LogP contribution in [0.3, 0.4) is 0 Å². The molecule has 42 heavy (non-hydrogen) atoms. The predicted octanol–water partition coefficient (Wildman–Crippen LogP) is 6.27. The third-order valence-corrected chi connectivity index (χ3v) is 7.18. The van der Waals surface area contributed by atoms with Gasteiger partial charge in [0.25, 0.3) is 11.8 Å². The van der Waals surface area contributed by atoms with Crippen LogP contribution in [0.4, 0.5) is 11.4 Å². The number of carbonyl (C=O) groups excluding carboxylic acids is 4. The fraction of sp³-hybridized carbons (Fsp3) is 0.0625. The number of esters is 1. The summed E-state index contributed by atoms with van der Waals surface area (Å²) < 4.78 is 4.76. The number of amides is 3. The molecule has 0 saturated heterocycles. The third-order valence-electron chi connectivity index (χ3n) is 5.82. The number of hydrogen-bond acceptors (Lipinski definition) is 6. The Hall–Kier alpha value is -4.86. The zero-order valence-electron chi connectivity index (χ0n) is 22.4. The molecule has 10 heteroatoms. The first-order valence-electron chi connectivity index (χ1n) is 12.7. The second-order valence-corrected chi connectivity index (χ2v) is 10.2. The first kappa shape index (κ1) is 30.1. The van der Waals surface area contributed by atoms with Crippen molar-refractivity contribution >= 4 is 64.5 Å². The highest BCUT2D eigenvalue weighted by atomic mass is 35.5. The van der Waals surface area contributed by atoms with Crippen LogP contribution in [-0.4, -0.2) is 36.6 Å². The summed E-state index contributed by atoms with van der Waals surface area (Å²) in [6.45, 7) is 0. The summed E-state index contributed by atoms with van der Waals surface area (Å²) in [6.07, 6.45) is 1.51. The summed E-state index contributed by atoms with van der Waals surface area (Å²) in [5, 5.41) is 8.63. The van der Waals surface area contributed by atoms with Gasteiger partial charge in [0.05, 0.1) is 24.1 Å². The molecule has 0 unspecified atom stereocenters. The Kier molecular flexibility index (Phi) is 10.5. The predicted molar refractivity (Wildman–Crippen MR) is 166 cm³/mol. The number of halogens is 1. The van der Waals surface area contributed by atoms with Gasteiger partial charge in [-0.3, -0.25) is 14.4 Å². The Morgan fingerprint density at radius 2 is 1.48 bits per heavy atom. The van der Waals surface area contributed by atoms with E-state index in [1.807, 2.05) is 0 Å². The number of nitrogens with one attached hydrogen (secondary N) is 3. The lowest BCUT2D eigenvalue weighted by molar-refractivity contribution is -0.114. The number of anilines is 2. The van der Waals surface area contributed by atoms with Gasteiger partial charge in [-0.1, -0.05) is 60.1 Å². The summed E-state index contributed by atoms with van der Waals surface area (Å²) in [6, 6.07) is 29.0. The minimum absolute atomic E-state index is 0.0133. The molecule has 0 atom stereocenters. The third kappa shape index (κ3) is 8.33. The van der Waals surface area contributed by atoms with E-state index in [0.29, 0.717) is 27.5 Å². The van der Waals surface area contributed by atoms with Crippen LogP contribution in [-0.2, 0) is 14.3 Å². The second-order valence-electron chi connectivity index (χ2n) is 8.75. The van der Waals surface area contributed by atoms with Crippen LogP contribution in [0, 0.1) is 0 Å². The molecule has 0 heterocycles. The van der Waals surface area contributed by atoms with E-state index in [-0.39, 0.29) is 22.9 Å². The maximum atomic E-state index is 13.2. The van der Waals surface area contributed by atoms with E-state index in [1.165, 1.54) is 24.9 Å². The molecular weight excluding hydrogens is 574 g/mol. The second kappa shape index (κ2) is 14.7. The van der Waals surface area contributed by atoms with Crippen molar-refractivity contribution in [2.45, 2.75) is 4.90 Å². The molecule has 0 aliphatic heterocycles. The van der Waals surface area contributed by atoms with Gasteiger partial charge in [0.1, 0.15) is 5.70 Å². The monoisotopic (exact) mass is 599 g/mol. The van der Waals surface area contributed by atoms with Crippen LogP contribution in [0.25, 0.3) is 6.08 Å². The SMILES string of the molecule is COC(=O)c1ccccc1NC(=O)CSc1ccc(NC(=O)/C(=C/c2ccccc2Cl)NC(=O)c2ccccc2)cc1. The molecule has 3 N–H and O–H groups in total. The molecule has 0 fully saturated rings. The Balaban J connectivity index is 1.40. The molecule has 212 valence electrons. The Morgan fingerprint density at radius 1 is 0.810 bits per heavy atom. The van der Waals surface area contributed by atoms with E-state index < -0.39 is 17.8 Å². The summed E-state index contributed by atoms with van der Waals surface area (Å²) in [7, 11) is 1.28. The number of para-hydroxylation sites is 1. The Bertz CT molecular complexity index is 1620. The lowest BCUT2D eigenvalue weighted by Crippen LogP contribution is -2.30. The van der Waals surface area contributed by atoms with E-state index >= 15 is 0 Å². The molecule has 0 aromatic heterocycles. The molecule has 0 bridgehead atoms. The zero-order valence-corrected chi connectivity index (χ0v) is 24.0. The number of rotatable bonds is 10. The number of benzene rings is 4. The molecule has 4 aromatic rings. The van der Waals surface area contributed by atoms with Gasteiger partial charge in [0.15, 0.2) is 0 Å². The number of methoxy groups -OCH3 is 1. The molecule has 3 amide bonds. The van der Waals surface area contributed by atoms with Crippen molar-refractivity contribution in [3.8, 4) is 0 Å². The van der Waals surface area contributed by atoms with Gasteiger partial charge in [-0.25, -0.2) is 4.79 Å². The molecular formula is C32H26ClN3O5S. The highest BCUT2D eigenvalue weighted by Crippen LogP contribution is 2.23. The van der Waals surface area contributed by atoms with Crippen LogP contribution in [0.15, 0.2) is 114 Å². The van der Waals surface area contributed by atoms with Gasteiger partial charge in [0, 0.05) is 21.2 Å². The largest absolute Gasteiger partial charge is 0.465 e. The molecule has 4 aromatic carbocycles. The number of thioether (sulfide) groups is 1. The van der Waals surface area contributed by atoms with E-state index in [0.717, 1.165) is 4.90 Å². The fourth-order valence-electron chi connectivity index (χ4n) is 3.74. The quantitative estimate of drug-likeness (QED) is 0.113. The molecule has 0 saturated carbocycles. The summed E-state index contributed by atoms with van der Waals surface area (Å²) >= 11 is 7.58. The summed E-state index contributed by atoms with van der Waals surface area (Å²) in [5.74, 6) is -1.72. The minimum Gasteiger partial charge on any atom is -0.465 e. The van der Waals surface area contributed by atoms with Crippen molar-refractivity contribution in [1.29, 1.82) is 0 Å². The topological polar surface area (TPSA) is 114 Å². The number of hydrogen-bond donors (Lipinski definition) is 3. The highest BCUT2D eigenvalue weighted by Gasteiger charge is 2.16. The van der Waals surface area contributed by atoms with E-state index in [1.54, 1.807) is 103 Å². The fourth-order valence-corrected chi connectivity index (χ4v) is 4.63. The van der Waals surface area contributed by atoms with Gasteiger partial charge >= 0.3 is 5.97 Å². The van der Waals surface area contributed by atoms with Crippen molar-refractivity contribution in [2.24, 2.45) is 0 Å². The first-order chi connectivity index (χ1) is 20.3. The molecule has 4 rings (SSSR count). The molecule has 0 aliphatic carbocycles. The number of ether oxygens (including phenoxy) is 1. The van der Waals surface area contributed by atoms with Gasteiger partial charge < -0.3 is 20.7 Å². The van der Waals surface area contributed by atoms with E-state index in [4.69, 9.17) is 16.3 Å². The van der Waals surface area contributed by atoms with Gasteiger partial charge in [0.2, 0.25) is 5.91 Å². The normalized spacial score (nSPS) is 10.9. The van der Waals surface area contributed by atoms with E-state index in [9.17, 15) is 19.2 Å². The molecule has 0 radical (unpaired) electrons. The van der Waals surface area contributed by atoms with Crippen LogP contribution in [0.5, 0.6) is 0 Å². The van der Waals surface area contributed by atoms with Gasteiger partial charge in [-0.05, 0) is 66.2 Å². The van der Waals surface area contributed by atoms with Crippen LogP contribution in [0.1, 0.15) is 26.3 Å². The van der Waals surface area contributed by atoms with Crippen molar-refractivity contribution in [2.75, 3.05) is 23.5 Å². The van der Waals surface area contributed by atoms with Crippen LogP contribution < -0.4 is 16.0 Å². The maximum absolute atomic E-state index is 13.2. The van der Waals surface area contributed by atoms with Crippen molar-refractivity contribution in [1.82, 2.24) is 5.32 Å². The standard InChI is InChI=1S/C32H26ClN3O5S/c1-41-32(40)25-12-6-8-14-27(25)35-29(37)20-42-24-17-15-23(16-18-24)34-31(39)28(19-22-11-5-7-13-26(22)33)36-30(38)21-9-3-2-4-10-21/h2-19H,20H2,1H3,(H,34,39)(H,35,37)(H,36,38)/b28-19-. The molecule has 8 nitrogen and oxygen atoms in total. The Morgan fingerprint density at radius 3 is 2.19 bits per heavy atom. The van der Waals surface area contributed by atoms with Crippen LogP contribution >= 0.6 is 23.4 Å². The zero-order chi connectivity index (χ0) is 29.9. The average molecular weight is 600 g/mol. The average Bonchev–Trinajstić information content (AvgIpc) is 3.01. The lowest BCUT2D eigenvalue weighted by atomic mass is 10.1. The lowest BCUT2D eigenvalue weighted by Gasteiger charge is -2.12. The van der Waals surface area contributed by atoms with Gasteiger partial charge in [-0.2, -0.15) is 0 Å². The van der Waals surface area contributed by atoms with Crippen molar-refractivity contribution in [3.05, 3.63) is 131 Å². The summed E-state index contributed by atoms with van der Waals surface area (Å²) in [5.41, 5.74) is 2.10. The minimum atomic E-state index is -0.541. The van der Waals surface area contributed by atoms with Crippen molar-refractivity contribution < 1.29 is 23.9 Å². The molecule has 0 spiro atoms. The summed E-state index contributed by atoms with van der Waals surface area (Å²) in [4.78, 5) is 51.3. The van der Waals surface area contributed by atoms with Crippen molar-refractivity contribution in [3.63, 3.8) is 0 Å². The maximum Gasteiger partial charge on any atom is 0.339 e. The van der Waals surface area contributed by atoms with Gasteiger partial charge in [-0.15, -0.1) is 11.8 Å². The highest BCUT2D eigenvalue weighted by molar-refractivity contribution is 8.00. The first-order valence-corrected chi connectivity index (χ1v) is 14.0. The Labute approximate surface area is 252 Å². The van der Waals surface area contributed by atoms with E-state index in [2.05, 4.69) is 16.0 Å². The van der Waals surface area contributed by atoms with Crippen LogP contribution in [0.2, 0.25) is 5.02 Å². The number of carbonyl (C=O) groups is 4.